The lowest BCUT2D eigenvalue weighted by Crippen LogP contribution is -2.01. The van der Waals surface area contributed by atoms with Crippen LogP contribution in [-0.2, 0) is 6.54 Å². The van der Waals surface area contributed by atoms with Gasteiger partial charge < -0.3 is 18.8 Å². The Balaban J connectivity index is 1.56. The van der Waals surface area contributed by atoms with Crippen LogP contribution in [0, 0.1) is 13.8 Å². The first-order chi connectivity index (χ1) is 16.6. The highest BCUT2D eigenvalue weighted by Crippen LogP contribution is 2.41. The summed E-state index contributed by atoms with van der Waals surface area (Å²) < 4.78 is 13.3. The molecule has 34 heavy (non-hydrogen) atoms. The molecule has 2 aromatic carbocycles. The maximum Gasteiger partial charge on any atom is 0.142 e. The van der Waals surface area contributed by atoms with Gasteiger partial charge in [0, 0.05) is 23.0 Å². The van der Waals surface area contributed by atoms with Crippen LogP contribution in [0.1, 0.15) is 17.0 Å². The zero-order chi connectivity index (χ0) is 23.2. The van der Waals surface area contributed by atoms with Gasteiger partial charge in [0.2, 0.25) is 0 Å². The Hall–Kier alpha value is -4.46. The molecule has 8 nitrogen and oxygen atoms in total. The molecular formula is C26H22N6O2. The summed E-state index contributed by atoms with van der Waals surface area (Å²) in [5.41, 5.74) is 7.29. The zero-order valence-electron chi connectivity index (χ0n) is 19.0. The fraction of sp³-hybridized carbons (Fsp3) is 0.154. The second-order valence-corrected chi connectivity index (χ2v) is 8.26. The Morgan fingerprint density at radius 1 is 1.09 bits per heavy atom. The van der Waals surface area contributed by atoms with E-state index >= 15 is 0 Å². The van der Waals surface area contributed by atoms with Crippen LogP contribution in [0.3, 0.4) is 0 Å². The van der Waals surface area contributed by atoms with E-state index in [2.05, 4.69) is 47.9 Å². The van der Waals surface area contributed by atoms with E-state index in [1.807, 2.05) is 50.6 Å². The standard InChI is InChI=1S/C26H22N6O2/c1-15-23(16(2)34-31-15)19-9-20-18(10-22(19)33-3)24-25(28-13-29-26(24)30-20)21-11-27-14-32(21)12-17-7-5-4-6-8-17/h4-11,13-14H,12H2,1-3H3,(H,28,29,30). The molecular weight excluding hydrogens is 428 g/mol. The van der Waals surface area contributed by atoms with E-state index in [-0.39, 0.29) is 0 Å². The molecule has 0 aliphatic carbocycles. The number of nitrogens with zero attached hydrogens (tertiary/aromatic N) is 5. The third-order valence-electron chi connectivity index (χ3n) is 6.16. The lowest BCUT2D eigenvalue weighted by atomic mass is 10.0. The minimum Gasteiger partial charge on any atom is -0.496 e. The molecule has 0 atom stereocenters. The molecule has 0 fully saturated rings. The lowest BCUT2D eigenvalue weighted by Gasteiger charge is -2.10. The number of aromatic nitrogens is 6. The molecule has 0 aliphatic rings. The molecule has 6 rings (SSSR count). The van der Waals surface area contributed by atoms with E-state index < -0.39 is 0 Å². The molecule has 168 valence electrons. The molecule has 0 saturated carbocycles. The Kier molecular flexibility index (Phi) is 4.65. The summed E-state index contributed by atoms with van der Waals surface area (Å²) in [5, 5.41) is 6.01. The minimum absolute atomic E-state index is 0.698. The van der Waals surface area contributed by atoms with E-state index in [0.29, 0.717) is 6.54 Å². The van der Waals surface area contributed by atoms with Gasteiger partial charge in [-0.05, 0) is 31.5 Å². The summed E-state index contributed by atoms with van der Waals surface area (Å²) in [7, 11) is 1.67. The number of fused-ring (bicyclic) bond motifs is 3. The smallest absolute Gasteiger partial charge is 0.142 e. The van der Waals surface area contributed by atoms with Crippen molar-refractivity contribution in [1.82, 2.24) is 29.7 Å². The van der Waals surface area contributed by atoms with Crippen LogP contribution < -0.4 is 4.74 Å². The molecule has 0 spiro atoms. The number of hydrogen-bond donors (Lipinski definition) is 1. The van der Waals surface area contributed by atoms with Crippen LogP contribution in [0.5, 0.6) is 5.75 Å². The van der Waals surface area contributed by atoms with Crippen molar-refractivity contribution in [2.24, 2.45) is 0 Å². The van der Waals surface area contributed by atoms with Gasteiger partial charge in [-0.25, -0.2) is 15.0 Å². The second-order valence-electron chi connectivity index (χ2n) is 8.26. The van der Waals surface area contributed by atoms with E-state index in [1.165, 1.54) is 5.56 Å². The number of benzene rings is 2. The molecule has 4 aromatic heterocycles. The van der Waals surface area contributed by atoms with Crippen molar-refractivity contribution >= 4 is 21.9 Å². The number of hydrogen-bond acceptors (Lipinski definition) is 6. The van der Waals surface area contributed by atoms with Crippen LogP contribution >= 0.6 is 0 Å². The van der Waals surface area contributed by atoms with Crippen molar-refractivity contribution in [2.45, 2.75) is 20.4 Å². The predicted molar refractivity (Wildman–Crippen MR) is 130 cm³/mol. The Morgan fingerprint density at radius 2 is 1.94 bits per heavy atom. The van der Waals surface area contributed by atoms with Crippen molar-refractivity contribution in [3.05, 3.63) is 78.3 Å². The zero-order valence-corrected chi connectivity index (χ0v) is 19.0. The monoisotopic (exact) mass is 450 g/mol. The van der Waals surface area contributed by atoms with Crippen molar-refractivity contribution in [1.29, 1.82) is 0 Å². The normalized spacial score (nSPS) is 11.5. The van der Waals surface area contributed by atoms with Gasteiger partial charge in [-0.15, -0.1) is 0 Å². The minimum atomic E-state index is 0.698. The number of rotatable bonds is 5. The molecule has 4 heterocycles. The van der Waals surface area contributed by atoms with Crippen molar-refractivity contribution in [3.63, 3.8) is 0 Å². The highest BCUT2D eigenvalue weighted by atomic mass is 16.5. The topological polar surface area (TPSA) is 94.7 Å². The van der Waals surface area contributed by atoms with Crippen LogP contribution in [-0.4, -0.2) is 36.8 Å². The van der Waals surface area contributed by atoms with Crippen LogP contribution in [0.4, 0.5) is 0 Å². The lowest BCUT2D eigenvalue weighted by molar-refractivity contribution is 0.393. The quantitative estimate of drug-likeness (QED) is 0.383. The molecule has 0 aliphatic heterocycles. The van der Waals surface area contributed by atoms with Crippen molar-refractivity contribution in [2.75, 3.05) is 7.11 Å². The van der Waals surface area contributed by atoms with Gasteiger partial charge in [0.15, 0.2) is 0 Å². The van der Waals surface area contributed by atoms with Gasteiger partial charge in [0.1, 0.15) is 29.2 Å². The summed E-state index contributed by atoms with van der Waals surface area (Å²) in [5.74, 6) is 1.48. The van der Waals surface area contributed by atoms with Gasteiger partial charge >= 0.3 is 0 Å². The summed E-state index contributed by atoms with van der Waals surface area (Å²) in [4.78, 5) is 17.1. The third-order valence-corrected chi connectivity index (χ3v) is 6.16. The largest absolute Gasteiger partial charge is 0.496 e. The molecule has 0 saturated heterocycles. The number of ether oxygens (including phenoxy) is 1. The maximum absolute atomic E-state index is 5.80. The van der Waals surface area contributed by atoms with E-state index in [0.717, 1.165) is 61.7 Å². The average molecular weight is 451 g/mol. The maximum atomic E-state index is 5.80. The number of nitrogens with one attached hydrogen (secondary N) is 1. The summed E-state index contributed by atoms with van der Waals surface area (Å²) in [6.07, 6.45) is 5.26. The summed E-state index contributed by atoms with van der Waals surface area (Å²) in [6.45, 7) is 4.53. The molecule has 0 unspecified atom stereocenters. The number of imidazole rings is 1. The van der Waals surface area contributed by atoms with Crippen LogP contribution in [0.15, 0.2) is 65.8 Å². The number of methoxy groups -OCH3 is 1. The Labute approximate surface area is 195 Å². The molecule has 0 radical (unpaired) electrons. The molecule has 8 heteroatoms. The molecule has 0 bridgehead atoms. The third kappa shape index (κ3) is 3.14. The first-order valence-corrected chi connectivity index (χ1v) is 11.0. The number of H-pyrrole nitrogens is 1. The predicted octanol–water partition coefficient (Wildman–Crippen LogP) is 5.30. The molecule has 1 N–H and O–H groups in total. The van der Waals surface area contributed by atoms with E-state index in [4.69, 9.17) is 9.26 Å². The van der Waals surface area contributed by atoms with Gasteiger partial charge in [0.05, 0.1) is 42.0 Å². The van der Waals surface area contributed by atoms with E-state index in [1.54, 1.807) is 13.4 Å². The molecule has 6 aromatic rings. The van der Waals surface area contributed by atoms with Crippen LogP contribution in [0.25, 0.3) is 44.5 Å². The SMILES string of the molecule is COc1cc2c(cc1-c1c(C)noc1C)[nH]c1ncnc(-c3cncn3Cc3ccccc3)c12. The van der Waals surface area contributed by atoms with Crippen LogP contribution in [0.2, 0.25) is 0 Å². The van der Waals surface area contributed by atoms with Gasteiger partial charge in [-0.3, -0.25) is 0 Å². The van der Waals surface area contributed by atoms with E-state index in [9.17, 15) is 0 Å². The number of aryl methyl sites for hydroxylation is 2. The first kappa shape index (κ1) is 20.2. The van der Waals surface area contributed by atoms with Gasteiger partial charge in [-0.2, -0.15) is 0 Å². The van der Waals surface area contributed by atoms with Gasteiger partial charge in [-0.1, -0.05) is 35.5 Å². The highest BCUT2D eigenvalue weighted by molar-refractivity contribution is 6.13. The fourth-order valence-electron chi connectivity index (χ4n) is 4.60. The Morgan fingerprint density at radius 3 is 2.71 bits per heavy atom. The molecule has 0 amide bonds. The summed E-state index contributed by atoms with van der Waals surface area (Å²) in [6, 6.07) is 14.4. The number of aromatic amines is 1. The average Bonchev–Trinajstić information content (AvgIpc) is 3.55. The fourth-order valence-corrected chi connectivity index (χ4v) is 4.60. The van der Waals surface area contributed by atoms with Gasteiger partial charge in [0.25, 0.3) is 0 Å². The van der Waals surface area contributed by atoms with Crippen molar-refractivity contribution < 1.29 is 9.26 Å². The first-order valence-electron chi connectivity index (χ1n) is 11.0. The highest BCUT2D eigenvalue weighted by Gasteiger charge is 2.21. The van der Waals surface area contributed by atoms with Crippen molar-refractivity contribution in [3.8, 4) is 28.3 Å². The summed E-state index contributed by atoms with van der Waals surface area (Å²) >= 11 is 0. The Bertz CT molecular complexity index is 1630. The second kappa shape index (κ2) is 7.84.